The van der Waals surface area contributed by atoms with Crippen LogP contribution in [-0.4, -0.2) is 59.0 Å². The molecule has 2 amide bonds. The Morgan fingerprint density at radius 2 is 2.04 bits per heavy atom. The molecule has 0 saturated carbocycles. The maximum atomic E-state index is 13.3. The summed E-state index contributed by atoms with van der Waals surface area (Å²) in [5.74, 6) is 0.950. The Morgan fingerprint density at radius 1 is 1.22 bits per heavy atom. The quantitative estimate of drug-likeness (QED) is 0.833. The van der Waals surface area contributed by atoms with Crippen molar-refractivity contribution < 1.29 is 14.3 Å². The summed E-state index contributed by atoms with van der Waals surface area (Å²) < 4.78 is 7.24. The van der Waals surface area contributed by atoms with Gasteiger partial charge < -0.3 is 19.1 Å². The Labute approximate surface area is 159 Å². The molecule has 3 fully saturated rings. The van der Waals surface area contributed by atoms with Crippen molar-refractivity contribution >= 4 is 22.7 Å². The number of hydrogen-bond acceptors (Lipinski definition) is 3. The molecule has 0 unspecified atom stereocenters. The van der Waals surface area contributed by atoms with Crippen LogP contribution in [0.25, 0.3) is 10.9 Å². The zero-order valence-electron chi connectivity index (χ0n) is 16.3. The molecular weight excluding hydrogens is 342 g/mol. The summed E-state index contributed by atoms with van der Waals surface area (Å²) in [6, 6.07) is 7.92. The minimum absolute atomic E-state index is 0.00992. The first kappa shape index (κ1) is 17.9. The molecule has 3 aliphatic rings. The highest BCUT2D eigenvalue weighted by molar-refractivity contribution is 5.99. The molecule has 0 spiro atoms. The van der Waals surface area contributed by atoms with Crippen LogP contribution in [0.1, 0.15) is 36.7 Å². The number of carbonyl (C=O) groups excluding carboxylic acids is 2. The summed E-state index contributed by atoms with van der Waals surface area (Å²) in [6.45, 7) is 4.04. The smallest absolute Gasteiger partial charge is 0.270 e. The Balaban J connectivity index is 1.64. The lowest BCUT2D eigenvalue weighted by atomic mass is 9.94. The highest BCUT2D eigenvalue weighted by Crippen LogP contribution is 2.31. The van der Waals surface area contributed by atoms with Gasteiger partial charge >= 0.3 is 0 Å². The third-order valence-electron chi connectivity index (χ3n) is 6.02. The van der Waals surface area contributed by atoms with Crippen molar-refractivity contribution in [1.82, 2.24) is 14.4 Å². The van der Waals surface area contributed by atoms with E-state index in [-0.39, 0.29) is 23.8 Å². The predicted molar refractivity (Wildman–Crippen MR) is 104 cm³/mol. The molecule has 5 rings (SSSR count). The van der Waals surface area contributed by atoms with E-state index in [1.807, 2.05) is 45.7 Å². The van der Waals surface area contributed by atoms with Gasteiger partial charge in [-0.05, 0) is 37.5 Å². The zero-order chi connectivity index (χ0) is 19.1. The van der Waals surface area contributed by atoms with Gasteiger partial charge in [0.2, 0.25) is 5.91 Å². The summed E-state index contributed by atoms with van der Waals surface area (Å²) in [4.78, 5) is 30.0. The lowest BCUT2D eigenvalue weighted by molar-refractivity contribution is -0.139. The topological polar surface area (TPSA) is 54.8 Å². The molecule has 0 radical (unpaired) electrons. The van der Waals surface area contributed by atoms with Crippen molar-refractivity contribution in [2.45, 2.75) is 32.2 Å². The van der Waals surface area contributed by atoms with Crippen molar-refractivity contribution in [3.05, 3.63) is 30.0 Å². The number of rotatable bonds is 4. The highest BCUT2D eigenvalue weighted by atomic mass is 16.5. The number of aryl methyl sites for hydroxylation is 1. The number of amides is 2. The van der Waals surface area contributed by atoms with Crippen molar-refractivity contribution in [3.8, 4) is 5.75 Å². The molecule has 4 heterocycles. The van der Waals surface area contributed by atoms with E-state index < -0.39 is 0 Å². The van der Waals surface area contributed by atoms with Crippen LogP contribution >= 0.6 is 0 Å². The molecular formula is C21H27N3O3. The summed E-state index contributed by atoms with van der Waals surface area (Å²) in [5.41, 5.74) is 1.63. The van der Waals surface area contributed by atoms with Gasteiger partial charge in [-0.2, -0.15) is 0 Å². The third kappa shape index (κ3) is 2.97. The summed E-state index contributed by atoms with van der Waals surface area (Å²) in [7, 11) is 3.55. The molecule has 1 aromatic heterocycles. The average Bonchev–Trinajstić information content (AvgIpc) is 2.82. The first-order chi connectivity index (χ1) is 13.0. The third-order valence-corrected chi connectivity index (χ3v) is 6.02. The van der Waals surface area contributed by atoms with Crippen molar-refractivity contribution in [2.24, 2.45) is 13.0 Å². The summed E-state index contributed by atoms with van der Waals surface area (Å²) >= 11 is 0. The standard InChI is InChI=1S/C21H27N3O3/c1-4-9-24-16-7-5-15(20(24)25)12-23(13-16)21(26)19-10-14-6-8-17(27-3)11-18(14)22(19)2/h6,8,10-11,15-16H,4-5,7,9,12-13H2,1-3H3/t15-,16+/m1/s1. The molecule has 144 valence electrons. The number of ether oxygens (including phenoxy) is 1. The number of benzene rings is 1. The normalized spacial score (nSPS) is 22.4. The zero-order valence-corrected chi connectivity index (χ0v) is 16.3. The summed E-state index contributed by atoms with van der Waals surface area (Å²) in [6.07, 6.45) is 2.83. The van der Waals surface area contributed by atoms with Crippen LogP contribution in [0.3, 0.4) is 0 Å². The van der Waals surface area contributed by atoms with E-state index in [9.17, 15) is 9.59 Å². The van der Waals surface area contributed by atoms with Gasteiger partial charge in [0, 0.05) is 44.2 Å². The van der Waals surface area contributed by atoms with E-state index in [1.54, 1.807) is 7.11 Å². The SMILES string of the molecule is CCCN1C(=O)[C@@H]2CC[C@H]1CN(C(=O)c1cc3ccc(OC)cc3n1C)C2. The van der Waals surface area contributed by atoms with Gasteiger partial charge in [0.1, 0.15) is 11.4 Å². The molecule has 0 aliphatic carbocycles. The van der Waals surface area contributed by atoms with E-state index >= 15 is 0 Å². The molecule has 2 atom stereocenters. The van der Waals surface area contributed by atoms with Crippen molar-refractivity contribution in [3.63, 3.8) is 0 Å². The van der Waals surface area contributed by atoms with Crippen LogP contribution in [-0.2, 0) is 11.8 Å². The van der Waals surface area contributed by atoms with Crippen LogP contribution in [0.4, 0.5) is 0 Å². The van der Waals surface area contributed by atoms with Gasteiger partial charge in [0.25, 0.3) is 5.91 Å². The fraction of sp³-hybridized carbons (Fsp3) is 0.524. The second-order valence-corrected chi connectivity index (χ2v) is 7.68. The first-order valence-corrected chi connectivity index (χ1v) is 9.76. The minimum Gasteiger partial charge on any atom is -0.497 e. The number of nitrogens with zero attached hydrogens (tertiary/aromatic N) is 3. The lowest BCUT2D eigenvalue weighted by Crippen LogP contribution is -2.48. The van der Waals surface area contributed by atoms with Crippen LogP contribution < -0.4 is 4.74 Å². The van der Waals surface area contributed by atoms with E-state index in [1.165, 1.54) is 0 Å². The van der Waals surface area contributed by atoms with Gasteiger partial charge in [0.05, 0.1) is 18.5 Å². The average molecular weight is 369 g/mol. The van der Waals surface area contributed by atoms with E-state index in [0.29, 0.717) is 18.8 Å². The Bertz CT molecular complexity index is 888. The van der Waals surface area contributed by atoms with E-state index in [2.05, 4.69) is 6.92 Å². The highest BCUT2D eigenvalue weighted by Gasteiger charge is 2.41. The van der Waals surface area contributed by atoms with Crippen LogP contribution in [0.15, 0.2) is 24.3 Å². The molecule has 6 nitrogen and oxygen atoms in total. The number of aromatic nitrogens is 1. The fourth-order valence-electron chi connectivity index (χ4n) is 4.55. The minimum atomic E-state index is -0.0611. The number of carbonyl (C=O) groups is 2. The van der Waals surface area contributed by atoms with Gasteiger partial charge in [-0.25, -0.2) is 0 Å². The van der Waals surface area contributed by atoms with Crippen LogP contribution in [0.5, 0.6) is 5.75 Å². The van der Waals surface area contributed by atoms with E-state index in [0.717, 1.165) is 42.5 Å². The maximum Gasteiger partial charge on any atom is 0.270 e. The second-order valence-electron chi connectivity index (χ2n) is 7.68. The molecule has 1 aromatic carbocycles. The van der Waals surface area contributed by atoms with E-state index in [4.69, 9.17) is 4.74 Å². The van der Waals surface area contributed by atoms with Gasteiger partial charge in [-0.15, -0.1) is 0 Å². The number of methoxy groups -OCH3 is 1. The van der Waals surface area contributed by atoms with Crippen molar-refractivity contribution in [2.75, 3.05) is 26.7 Å². The molecule has 2 bridgehead atoms. The van der Waals surface area contributed by atoms with Gasteiger partial charge in [0.15, 0.2) is 0 Å². The molecule has 0 N–H and O–H groups in total. The predicted octanol–water partition coefficient (Wildman–Crippen LogP) is 2.66. The van der Waals surface area contributed by atoms with Crippen molar-refractivity contribution in [1.29, 1.82) is 0 Å². The largest absolute Gasteiger partial charge is 0.497 e. The van der Waals surface area contributed by atoms with Gasteiger partial charge in [-0.1, -0.05) is 6.92 Å². The fourth-order valence-corrected chi connectivity index (χ4v) is 4.55. The molecule has 6 heteroatoms. The monoisotopic (exact) mass is 369 g/mol. The van der Waals surface area contributed by atoms with Crippen LogP contribution in [0, 0.1) is 5.92 Å². The molecule has 3 aliphatic heterocycles. The maximum absolute atomic E-state index is 13.3. The number of hydrogen-bond donors (Lipinski definition) is 0. The Kier molecular flexibility index (Phi) is 4.58. The second kappa shape index (κ2) is 6.91. The van der Waals surface area contributed by atoms with Crippen LogP contribution in [0.2, 0.25) is 0 Å². The Hall–Kier alpha value is -2.50. The molecule has 27 heavy (non-hydrogen) atoms. The Morgan fingerprint density at radius 3 is 2.78 bits per heavy atom. The number of fused-ring (bicyclic) bond motifs is 5. The number of piperidine rings is 1. The molecule has 3 saturated heterocycles. The molecule has 2 aromatic rings. The summed E-state index contributed by atoms with van der Waals surface area (Å²) in [5, 5.41) is 1.02. The lowest BCUT2D eigenvalue weighted by Gasteiger charge is -2.35. The van der Waals surface area contributed by atoms with Gasteiger partial charge in [-0.3, -0.25) is 9.59 Å². The first-order valence-electron chi connectivity index (χ1n) is 9.76.